The Hall–Kier alpha value is -2.34. The minimum atomic E-state index is 0.631. The average Bonchev–Trinajstić information content (AvgIpc) is 2.30. The van der Waals surface area contributed by atoms with E-state index in [4.69, 9.17) is 11.0 Å². The Morgan fingerprint density at radius 1 is 1.20 bits per heavy atom. The van der Waals surface area contributed by atoms with Crippen LogP contribution in [0.25, 0.3) is 11.3 Å². The molecule has 0 aliphatic carbocycles. The summed E-state index contributed by atoms with van der Waals surface area (Å²) in [6.45, 7) is 0. The lowest BCUT2D eigenvalue weighted by molar-refractivity contribution is 1.33. The van der Waals surface area contributed by atoms with Crippen LogP contribution in [0.5, 0.6) is 0 Å². The van der Waals surface area contributed by atoms with Gasteiger partial charge in [0.25, 0.3) is 0 Å². The molecular weight excluding hydrogens is 186 g/mol. The van der Waals surface area contributed by atoms with Crippen LogP contribution in [0.3, 0.4) is 0 Å². The van der Waals surface area contributed by atoms with Crippen LogP contribution in [-0.4, -0.2) is 4.98 Å². The average molecular weight is 195 g/mol. The number of pyridine rings is 1. The lowest BCUT2D eigenvalue weighted by Crippen LogP contribution is -1.88. The predicted octanol–water partition coefficient (Wildman–Crippen LogP) is 2.20. The van der Waals surface area contributed by atoms with Crippen LogP contribution >= 0.6 is 0 Å². The first-order chi connectivity index (χ1) is 7.29. The molecule has 72 valence electrons. The summed E-state index contributed by atoms with van der Waals surface area (Å²) in [5.74, 6) is 0. The van der Waals surface area contributed by atoms with Gasteiger partial charge in [0.1, 0.15) is 0 Å². The van der Waals surface area contributed by atoms with Gasteiger partial charge in [-0.15, -0.1) is 0 Å². The van der Waals surface area contributed by atoms with E-state index in [1.54, 1.807) is 24.4 Å². The normalized spacial score (nSPS) is 9.53. The molecule has 0 saturated carbocycles. The van der Waals surface area contributed by atoms with Crippen LogP contribution in [0.4, 0.5) is 5.69 Å². The molecule has 0 aliphatic heterocycles. The minimum absolute atomic E-state index is 0.631. The van der Waals surface area contributed by atoms with Gasteiger partial charge in [-0.25, -0.2) is 0 Å². The number of nitrogens with zero attached hydrogens (tertiary/aromatic N) is 2. The highest BCUT2D eigenvalue weighted by Crippen LogP contribution is 2.18. The Labute approximate surface area is 87.8 Å². The van der Waals surface area contributed by atoms with Crippen molar-refractivity contribution in [3.63, 3.8) is 0 Å². The Kier molecular flexibility index (Phi) is 2.34. The third kappa shape index (κ3) is 1.94. The minimum Gasteiger partial charge on any atom is -0.397 e. The molecular formula is C12H9N3. The molecule has 2 aromatic rings. The van der Waals surface area contributed by atoms with E-state index in [1.807, 2.05) is 18.2 Å². The number of hydrogen-bond donors (Lipinski definition) is 1. The van der Waals surface area contributed by atoms with Crippen molar-refractivity contribution in [3.8, 4) is 17.3 Å². The van der Waals surface area contributed by atoms with E-state index in [0.717, 1.165) is 11.3 Å². The highest BCUT2D eigenvalue weighted by atomic mass is 14.7. The monoisotopic (exact) mass is 195 g/mol. The number of anilines is 1. The lowest BCUT2D eigenvalue weighted by Gasteiger charge is -2.01. The topological polar surface area (TPSA) is 62.7 Å². The molecule has 2 rings (SSSR count). The lowest BCUT2D eigenvalue weighted by atomic mass is 10.1. The van der Waals surface area contributed by atoms with Gasteiger partial charge < -0.3 is 5.73 Å². The first-order valence-electron chi connectivity index (χ1n) is 4.51. The van der Waals surface area contributed by atoms with Crippen molar-refractivity contribution < 1.29 is 0 Å². The van der Waals surface area contributed by atoms with Crippen LogP contribution in [0.1, 0.15) is 5.56 Å². The SMILES string of the molecule is N#Cc1cccc(-c2ccc(N)cn2)c1. The summed E-state index contributed by atoms with van der Waals surface area (Å²) in [7, 11) is 0. The van der Waals surface area contributed by atoms with Gasteiger partial charge in [0.15, 0.2) is 0 Å². The van der Waals surface area contributed by atoms with Crippen molar-refractivity contribution in [2.45, 2.75) is 0 Å². The molecule has 0 spiro atoms. The van der Waals surface area contributed by atoms with Gasteiger partial charge in [-0.3, -0.25) is 4.98 Å². The maximum absolute atomic E-state index is 8.76. The van der Waals surface area contributed by atoms with Crippen molar-refractivity contribution in [1.29, 1.82) is 5.26 Å². The Bertz CT molecular complexity index is 509. The van der Waals surface area contributed by atoms with Gasteiger partial charge in [0, 0.05) is 5.56 Å². The maximum Gasteiger partial charge on any atom is 0.0991 e. The van der Waals surface area contributed by atoms with Crippen LogP contribution in [-0.2, 0) is 0 Å². The molecule has 0 unspecified atom stereocenters. The molecule has 0 saturated heterocycles. The molecule has 0 fully saturated rings. The van der Waals surface area contributed by atoms with Gasteiger partial charge >= 0.3 is 0 Å². The zero-order chi connectivity index (χ0) is 10.7. The number of nitriles is 1. The van der Waals surface area contributed by atoms with E-state index in [9.17, 15) is 0 Å². The van der Waals surface area contributed by atoms with E-state index in [-0.39, 0.29) is 0 Å². The van der Waals surface area contributed by atoms with Gasteiger partial charge in [0.05, 0.1) is 29.2 Å². The molecule has 0 bridgehead atoms. The van der Waals surface area contributed by atoms with E-state index in [1.165, 1.54) is 0 Å². The smallest absolute Gasteiger partial charge is 0.0991 e. The zero-order valence-electron chi connectivity index (χ0n) is 8.01. The van der Waals surface area contributed by atoms with Gasteiger partial charge in [-0.1, -0.05) is 12.1 Å². The molecule has 0 atom stereocenters. The standard InChI is InChI=1S/C12H9N3/c13-7-9-2-1-3-10(6-9)12-5-4-11(14)8-15-12/h1-6,8H,14H2. The summed E-state index contributed by atoms with van der Waals surface area (Å²) >= 11 is 0. The summed E-state index contributed by atoms with van der Waals surface area (Å²) in [5.41, 5.74) is 8.56. The number of benzene rings is 1. The highest BCUT2D eigenvalue weighted by Gasteiger charge is 1.99. The number of nitrogens with two attached hydrogens (primary N) is 1. The van der Waals surface area contributed by atoms with Gasteiger partial charge in [-0.2, -0.15) is 5.26 Å². The highest BCUT2D eigenvalue weighted by molar-refractivity contribution is 5.62. The molecule has 3 heteroatoms. The van der Waals surface area contributed by atoms with Crippen molar-refractivity contribution >= 4 is 5.69 Å². The molecule has 2 N–H and O–H groups in total. The maximum atomic E-state index is 8.76. The second-order valence-corrected chi connectivity index (χ2v) is 3.17. The van der Waals surface area contributed by atoms with Crippen LogP contribution in [0.2, 0.25) is 0 Å². The fourth-order valence-corrected chi connectivity index (χ4v) is 1.32. The van der Waals surface area contributed by atoms with Crippen molar-refractivity contribution in [2.24, 2.45) is 0 Å². The number of hydrogen-bond acceptors (Lipinski definition) is 3. The third-order valence-electron chi connectivity index (χ3n) is 2.07. The van der Waals surface area contributed by atoms with Crippen LogP contribution < -0.4 is 5.73 Å². The van der Waals surface area contributed by atoms with Crippen molar-refractivity contribution in [2.75, 3.05) is 5.73 Å². The first kappa shape index (κ1) is 9.22. The Morgan fingerprint density at radius 3 is 2.73 bits per heavy atom. The Balaban J connectivity index is 2.46. The van der Waals surface area contributed by atoms with Gasteiger partial charge in [0.2, 0.25) is 0 Å². The van der Waals surface area contributed by atoms with E-state index in [2.05, 4.69) is 11.1 Å². The summed E-state index contributed by atoms with van der Waals surface area (Å²) < 4.78 is 0. The van der Waals surface area contributed by atoms with E-state index in [0.29, 0.717) is 11.3 Å². The molecule has 0 amide bonds. The fourth-order valence-electron chi connectivity index (χ4n) is 1.32. The zero-order valence-corrected chi connectivity index (χ0v) is 8.01. The summed E-state index contributed by atoms with van der Waals surface area (Å²) in [6, 6.07) is 13.1. The van der Waals surface area contributed by atoms with Crippen LogP contribution in [0, 0.1) is 11.3 Å². The molecule has 1 heterocycles. The van der Waals surface area contributed by atoms with E-state index >= 15 is 0 Å². The fraction of sp³-hybridized carbons (Fsp3) is 0. The second kappa shape index (κ2) is 3.81. The third-order valence-corrected chi connectivity index (χ3v) is 2.07. The molecule has 1 aromatic carbocycles. The Morgan fingerprint density at radius 2 is 2.07 bits per heavy atom. The molecule has 0 aliphatic rings. The predicted molar refractivity (Wildman–Crippen MR) is 58.8 cm³/mol. The molecule has 15 heavy (non-hydrogen) atoms. The van der Waals surface area contributed by atoms with Crippen LogP contribution in [0.15, 0.2) is 42.6 Å². The number of rotatable bonds is 1. The summed E-state index contributed by atoms with van der Waals surface area (Å²) in [5, 5.41) is 8.76. The largest absolute Gasteiger partial charge is 0.397 e. The quantitative estimate of drug-likeness (QED) is 0.758. The summed E-state index contributed by atoms with van der Waals surface area (Å²) in [6.07, 6.45) is 1.61. The van der Waals surface area contributed by atoms with E-state index < -0.39 is 0 Å². The second-order valence-electron chi connectivity index (χ2n) is 3.17. The number of nitrogen functional groups attached to an aromatic ring is 1. The first-order valence-corrected chi connectivity index (χ1v) is 4.51. The van der Waals surface area contributed by atoms with Crippen molar-refractivity contribution in [3.05, 3.63) is 48.2 Å². The molecule has 3 nitrogen and oxygen atoms in total. The summed E-state index contributed by atoms with van der Waals surface area (Å²) in [4.78, 5) is 4.19. The van der Waals surface area contributed by atoms with Crippen molar-refractivity contribution in [1.82, 2.24) is 4.98 Å². The molecule has 1 aromatic heterocycles. The number of aromatic nitrogens is 1. The van der Waals surface area contributed by atoms with Gasteiger partial charge in [-0.05, 0) is 24.3 Å². The molecule has 0 radical (unpaired) electrons.